The van der Waals surface area contributed by atoms with E-state index in [9.17, 15) is 5.11 Å². The summed E-state index contributed by atoms with van der Waals surface area (Å²) in [5, 5.41) is 18.3. The van der Waals surface area contributed by atoms with Crippen LogP contribution in [-0.2, 0) is 6.54 Å². The van der Waals surface area contributed by atoms with E-state index in [-0.39, 0.29) is 16.2 Å². The van der Waals surface area contributed by atoms with Gasteiger partial charge in [0.15, 0.2) is 0 Å². The number of hydrogen-bond donors (Lipinski definition) is 1. The molecule has 4 aromatic carbocycles. The van der Waals surface area contributed by atoms with Gasteiger partial charge in [0.05, 0.1) is 0 Å². The molecule has 0 spiro atoms. The molecule has 1 aliphatic carbocycles. The van der Waals surface area contributed by atoms with Crippen LogP contribution in [0.5, 0.6) is 0 Å². The van der Waals surface area contributed by atoms with Crippen LogP contribution in [0.15, 0.2) is 54.6 Å². The van der Waals surface area contributed by atoms with Gasteiger partial charge in [0.1, 0.15) is 0 Å². The smallest absolute Gasteiger partial charge is 0.0485 e. The molecule has 2 nitrogen and oxygen atoms in total. The predicted octanol–water partition coefficient (Wildman–Crippen LogP) is 6.59. The van der Waals surface area contributed by atoms with Crippen LogP contribution in [-0.4, -0.2) is 29.7 Å². The number of piperidine rings is 1. The molecule has 2 fully saturated rings. The molecule has 1 heterocycles. The Labute approximate surface area is 185 Å². The van der Waals surface area contributed by atoms with E-state index in [2.05, 4.69) is 80.3 Å². The van der Waals surface area contributed by atoms with Gasteiger partial charge >= 0.3 is 0 Å². The highest BCUT2D eigenvalue weighted by molar-refractivity contribution is 6.23. The number of aliphatic hydroxyl groups is 1. The van der Waals surface area contributed by atoms with Crippen LogP contribution in [0.1, 0.15) is 45.6 Å². The third kappa shape index (κ3) is 3.07. The van der Waals surface area contributed by atoms with Crippen molar-refractivity contribution in [2.75, 3.05) is 19.7 Å². The second-order valence-corrected chi connectivity index (χ2v) is 11.8. The molecule has 1 N–H and O–H groups in total. The molecule has 31 heavy (non-hydrogen) atoms. The summed E-state index contributed by atoms with van der Waals surface area (Å²) in [6.07, 6.45) is 3.53. The van der Waals surface area contributed by atoms with E-state index in [0.29, 0.717) is 6.61 Å². The van der Waals surface area contributed by atoms with Crippen LogP contribution >= 0.6 is 0 Å². The first-order chi connectivity index (χ1) is 14.8. The number of aliphatic hydroxyl groups excluding tert-OH is 1. The maximum atomic E-state index is 10.1. The Hall–Kier alpha value is -2.16. The number of likely N-dealkylation sites (tertiary alicyclic amines) is 1. The van der Waals surface area contributed by atoms with Crippen molar-refractivity contribution in [1.82, 2.24) is 4.90 Å². The van der Waals surface area contributed by atoms with Gasteiger partial charge in [-0.15, -0.1) is 0 Å². The first-order valence-corrected chi connectivity index (χ1v) is 11.8. The van der Waals surface area contributed by atoms with Crippen LogP contribution < -0.4 is 0 Å². The summed E-state index contributed by atoms with van der Waals surface area (Å²) in [6, 6.07) is 20.5. The van der Waals surface area contributed by atoms with E-state index in [1.54, 1.807) is 0 Å². The Kier molecular flexibility index (Phi) is 4.05. The lowest BCUT2D eigenvalue weighted by molar-refractivity contribution is -0.105. The zero-order chi connectivity index (χ0) is 21.4. The van der Waals surface area contributed by atoms with E-state index < -0.39 is 0 Å². The van der Waals surface area contributed by atoms with Gasteiger partial charge in [-0.1, -0.05) is 75.4 Å². The SMILES string of the molecule is CC1(CO)CC2(C)CN(Cc3ccc4ccc5cccc6ccc3c4c56)CC(C)(C1)C2. The number of benzene rings is 4. The molecule has 2 aliphatic rings. The summed E-state index contributed by atoms with van der Waals surface area (Å²) in [7, 11) is 0. The highest BCUT2D eigenvalue weighted by atomic mass is 16.3. The molecule has 1 saturated heterocycles. The van der Waals surface area contributed by atoms with Crippen LogP contribution in [0, 0.1) is 16.2 Å². The first-order valence-electron chi connectivity index (χ1n) is 11.8. The molecule has 2 unspecified atom stereocenters. The maximum absolute atomic E-state index is 10.1. The number of rotatable bonds is 3. The van der Waals surface area contributed by atoms with E-state index in [1.165, 1.54) is 44.3 Å². The molecular weight excluding hydrogens is 378 g/mol. The van der Waals surface area contributed by atoms with Crippen molar-refractivity contribution >= 4 is 32.3 Å². The van der Waals surface area contributed by atoms with Crippen molar-refractivity contribution in [3.8, 4) is 0 Å². The lowest BCUT2D eigenvalue weighted by atomic mass is 9.52. The molecule has 2 bridgehead atoms. The zero-order valence-electron chi connectivity index (χ0n) is 19.0. The third-order valence-electron chi connectivity index (χ3n) is 8.17. The van der Waals surface area contributed by atoms with E-state index >= 15 is 0 Å². The molecule has 4 aromatic rings. The Morgan fingerprint density at radius 1 is 0.742 bits per heavy atom. The van der Waals surface area contributed by atoms with Crippen LogP contribution in [0.3, 0.4) is 0 Å². The van der Waals surface area contributed by atoms with Gasteiger partial charge < -0.3 is 5.11 Å². The molecule has 6 rings (SSSR count). The molecule has 1 aliphatic heterocycles. The second kappa shape index (κ2) is 6.43. The standard InChI is InChI=1S/C29H33NO/c1-27-14-28(2,16-29(3,15-27)19-31)18-30(17-27)13-23-10-9-22-8-7-20-5-4-6-21-11-12-24(23)26(22)25(20)21/h4-12,31H,13-19H2,1-3H3. The first kappa shape index (κ1) is 19.5. The average molecular weight is 412 g/mol. The summed E-state index contributed by atoms with van der Waals surface area (Å²) in [5.74, 6) is 0. The van der Waals surface area contributed by atoms with Gasteiger partial charge in [0.2, 0.25) is 0 Å². The van der Waals surface area contributed by atoms with Gasteiger partial charge in [0.25, 0.3) is 0 Å². The highest BCUT2D eigenvalue weighted by Crippen LogP contribution is 2.57. The summed E-state index contributed by atoms with van der Waals surface area (Å²) >= 11 is 0. The number of hydrogen-bond acceptors (Lipinski definition) is 2. The van der Waals surface area contributed by atoms with Crippen molar-refractivity contribution in [3.63, 3.8) is 0 Å². The van der Waals surface area contributed by atoms with Gasteiger partial charge in [-0.3, -0.25) is 4.90 Å². The molecule has 0 amide bonds. The fraction of sp³-hybridized carbons (Fsp3) is 0.448. The largest absolute Gasteiger partial charge is 0.396 e. The average Bonchev–Trinajstić information content (AvgIpc) is 2.71. The second-order valence-electron chi connectivity index (χ2n) is 11.8. The highest BCUT2D eigenvalue weighted by Gasteiger charge is 2.52. The minimum atomic E-state index is 0.0703. The molecule has 2 heteroatoms. The molecule has 2 atom stereocenters. The summed E-state index contributed by atoms with van der Waals surface area (Å²) < 4.78 is 0. The van der Waals surface area contributed by atoms with Crippen LogP contribution in [0.25, 0.3) is 32.3 Å². The van der Waals surface area contributed by atoms with Gasteiger partial charge in [0, 0.05) is 26.2 Å². The lowest BCUT2D eigenvalue weighted by Crippen LogP contribution is -2.57. The Morgan fingerprint density at radius 2 is 1.32 bits per heavy atom. The predicted molar refractivity (Wildman–Crippen MR) is 131 cm³/mol. The summed E-state index contributed by atoms with van der Waals surface area (Å²) in [5.41, 5.74) is 2.09. The lowest BCUT2D eigenvalue weighted by Gasteiger charge is -2.59. The zero-order valence-corrected chi connectivity index (χ0v) is 19.0. The Balaban J connectivity index is 1.40. The molecular formula is C29H33NO. The monoisotopic (exact) mass is 411 g/mol. The quantitative estimate of drug-likeness (QED) is 0.384. The molecule has 0 radical (unpaired) electrons. The number of fused-ring (bicyclic) bond motifs is 2. The van der Waals surface area contributed by atoms with Crippen molar-refractivity contribution in [1.29, 1.82) is 0 Å². The Bertz CT molecular complexity index is 1260. The minimum absolute atomic E-state index is 0.0703. The fourth-order valence-electron chi connectivity index (χ4n) is 8.04. The summed E-state index contributed by atoms with van der Waals surface area (Å²) in [4.78, 5) is 2.70. The summed E-state index contributed by atoms with van der Waals surface area (Å²) in [6.45, 7) is 10.8. The van der Waals surface area contributed by atoms with Crippen molar-refractivity contribution in [3.05, 3.63) is 60.2 Å². The van der Waals surface area contributed by atoms with Gasteiger partial charge in [-0.05, 0) is 73.4 Å². The number of nitrogens with zero attached hydrogens (tertiary/aromatic N) is 1. The van der Waals surface area contributed by atoms with E-state index in [0.717, 1.165) is 32.5 Å². The maximum Gasteiger partial charge on any atom is 0.0485 e. The van der Waals surface area contributed by atoms with Crippen LogP contribution in [0.2, 0.25) is 0 Å². The third-order valence-corrected chi connectivity index (χ3v) is 8.17. The van der Waals surface area contributed by atoms with Gasteiger partial charge in [-0.25, -0.2) is 0 Å². The van der Waals surface area contributed by atoms with Crippen molar-refractivity contribution < 1.29 is 5.11 Å². The van der Waals surface area contributed by atoms with Crippen LogP contribution in [0.4, 0.5) is 0 Å². The van der Waals surface area contributed by atoms with E-state index in [4.69, 9.17) is 0 Å². The molecule has 0 aromatic heterocycles. The normalized spacial score (nSPS) is 31.7. The topological polar surface area (TPSA) is 23.5 Å². The molecule has 160 valence electrons. The van der Waals surface area contributed by atoms with Gasteiger partial charge in [-0.2, -0.15) is 0 Å². The molecule has 1 saturated carbocycles. The van der Waals surface area contributed by atoms with E-state index in [1.807, 2.05) is 0 Å². The van der Waals surface area contributed by atoms with Crippen molar-refractivity contribution in [2.45, 2.75) is 46.6 Å². The minimum Gasteiger partial charge on any atom is -0.396 e. The fourth-order valence-corrected chi connectivity index (χ4v) is 8.04. The Morgan fingerprint density at radius 3 is 1.97 bits per heavy atom. The van der Waals surface area contributed by atoms with Crippen molar-refractivity contribution in [2.24, 2.45) is 16.2 Å².